The Balaban J connectivity index is 1.87. The highest BCUT2D eigenvalue weighted by Crippen LogP contribution is 2.40. The second kappa shape index (κ2) is 9.74. The molecule has 146 valence electrons. The van der Waals surface area contributed by atoms with Gasteiger partial charge >= 0.3 is 0 Å². The van der Waals surface area contributed by atoms with Gasteiger partial charge in [0, 0.05) is 52.6 Å². The molecule has 2 aliphatic rings. The maximum atomic E-state index is 5.56. The van der Waals surface area contributed by atoms with E-state index in [0.717, 1.165) is 58.1 Å². The Labute approximate surface area is 153 Å². The number of methoxy groups -OCH3 is 1. The summed E-state index contributed by atoms with van der Waals surface area (Å²) in [6, 6.07) is 0. The van der Waals surface area contributed by atoms with Crippen LogP contribution < -0.4 is 10.6 Å². The maximum absolute atomic E-state index is 5.56. The largest absolute Gasteiger partial charge is 0.385 e. The molecule has 6 heteroatoms. The first-order valence-corrected chi connectivity index (χ1v) is 9.75. The van der Waals surface area contributed by atoms with Crippen LogP contribution >= 0.6 is 0 Å². The molecule has 0 unspecified atom stereocenters. The maximum Gasteiger partial charge on any atom is 0.191 e. The Morgan fingerprint density at radius 2 is 1.72 bits per heavy atom. The zero-order valence-corrected chi connectivity index (χ0v) is 16.7. The lowest BCUT2D eigenvalue weighted by Crippen LogP contribution is -2.57. The number of hydrogen-bond donors (Lipinski definition) is 2. The molecule has 2 N–H and O–H groups in total. The fourth-order valence-corrected chi connectivity index (χ4v) is 4.23. The molecule has 0 bridgehead atoms. The molecule has 0 spiro atoms. The van der Waals surface area contributed by atoms with Gasteiger partial charge in [-0.1, -0.05) is 12.8 Å². The van der Waals surface area contributed by atoms with Crippen molar-refractivity contribution in [2.75, 3.05) is 61.2 Å². The SMILES string of the molecule is CN=C(NCC1(CCOC)CCCC1)NCC1(N(C)C)CCOCC1. The minimum atomic E-state index is 0.150. The molecule has 1 saturated heterocycles. The van der Waals surface area contributed by atoms with E-state index in [9.17, 15) is 0 Å². The summed E-state index contributed by atoms with van der Waals surface area (Å²) in [6.45, 7) is 4.40. The highest BCUT2D eigenvalue weighted by molar-refractivity contribution is 5.79. The van der Waals surface area contributed by atoms with E-state index in [1.54, 1.807) is 7.11 Å². The van der Waals surface area contributed by atoms with Gasteiger partial charge in [-0.3, -0.25) is 4.99 Å². The molecule has 2 fully saturated rings. The molecule has 0 radical (unpaired) electrons. The van der Waals surface area contributed by atoms with Gasteiger partial charge in [0.1, 0.15) is 0 Å². The first-order chi connectivity index (χ1) is 12.1. The molecule has 1 saturated carbocycles. The average Bonchev–Trinajstić information content (AvgIpc) is 3.10. The zero-order chi connectivity index (χ0) is 18.2. The summed E-state index contributed by atoms with van der Waals surface area (Å²) in [6.07, 6.45) is 8.50. The van der Waals surface area contributed by atoms with E-state index >= 15 is 0 Å². The topological polar surface area (TPSA) is 58.1 Å². The minimum absolute atomic E-state index is 0.150. The third-order valence-corrected chi connectivity index (χ3v) is 6.31. The summed E-state index contributed by atoms with van der Waals surface area (Å²) < 4.78 is 10.9. The molecule has 6 nitrogen and oxygen atoms in total. The second-order valence-electron chi connectivity index (χ2n) is 7.96. The van der Waals surface area contributed by atoms with Crippen molar-refractivity contribution in [3.8, 4) is 0 Å². The lowest BCUT2D eigenvalue weighted by Gasteiger charge is -2.43. The molecule has 0 aromatic heterocycles. The molecule has 0 atom stereocenters. The summed E-state index contributed by atoms with van der Waals surface area (Å²) in [7, 11) is 7.99. The van der Waals surface area contributed by atoms with Crippen molar-refractivity contribution in [2.24, 2.45) is 10.4 Å². The van der Waals surface area contributed by atoms with Crippen molar-refractivity contribution in [2.45, 2.75) is 50.5 Å². The highest BCUT2D eigenvalue weighted by Gasteiger charge is 2.36. The summed E-state index contributed by atoms with van der Waals surface area (Å²) in [5, 5.41) is 7.16. The van der Waals surface area contributed by atoms with E-state index in [1.807, 2.05) is 7.05 Å². The van der Waals surface area contributed by atoms with Crippen molar-refractivity contribution in [3.05, 3.63) is 0 Å². The van der Waals surface area contributed by atoms with Crippen LogP contribution in [-0.2, 0) is 9.47 Å². The molecule has 1 aliphatic carbocycles. The summed E-state index contributed by atoms with van der Waals surface area (Å²) in [5.74, 6) is 0.913. The Bertz CT molecular complexity index is 414. The number of rotatable bonds is 8. The number of aliphatic imine (C=N–C) groups is 1. The van der Waals surface area contributed by atoms with E-state index in [0.29, 0.717) is 5.41 Å². The van der Waals surface area contributed by atoms with Crippen molar-refractivity contribution < 1.29 is 9.47 Å². The highest BCUT2D eigenvalue weighted by atomic mass is 16.5. The quantitative estimate of drug-likeness (QED) is 0.515. The van der Waals surface area contributed by atoms with E-state index in [1.165, 1.54) is 25.7 Å². The third kappa shape index (κ3) is 5.56. The zero-order valence-electron chi connectivity index (χ0n) is 16.7. The van der Waals surface area contributed by atoms with Gasteiger partial charge in [-0.2, -0.15) is 0 Å². The van der Waals surface area contributed by atoms with Gasteiger partial charge in [0.25, 0.3) is 0 Å². The number of guanidine groups is 1. The first-order valence-electron chi connectivity index (χ1n) is 9.75. The van der Waals surface area contributed by atoms with Gasteiger partial charge in [-0.15, -0.1) is 0 Å². The molecule has 2 rings (SSSR count). The van der Waals surface area contributed by atoms with Crippen molar-refractivity contribution in [3.63, 3.8) is 0 Å². The van der Waals surface area contributed by atoms with Crippen LogP contribution in [0.25, 0.3) is 0 Å². The average molecular weight is 355 g/mol. The number of likely N-dealkylation sites (N-methyl/N-ethyl adjacent to an activating group) is 1. The molecule has 0 aromatic rings. The van der Waals surface area contributed by atoms with E-state index < -0.39 is 0 Å². The van der Waals surface area contributed by atoms with E-state index in [2.05, 4.69) is 34.6 Å². The molecule has 0 aromatic carbocycles. The molecule has 1 aliphatic heterocycles. The van der Waals surface area contributed by atoms with Gasteiger partial charge < -0.3 is 25.0 Å². The molecule has 25 heavy (non-hydrogen) atoms. The number of ether oxygens (including phenoxy) is 2. The Kier molecular flexibility index (Phi) is 7.97. The predicted molar refractivity (Wildman–Crippen MR) is 103 cm³/mol. The van der Waals surface area contributed by atoms with Crippen LogP contribution in [0.2, 0.25) is 0 Å². The van der Waals surface area contributed by atoms with Gasteiger partial charge in [0.15, 0.2) is 5.96 Å². The fourth-order valence-electron chi connectivity index (χ4n) is 4.23. The smallest absolute Gasteiger partial charge is 0.191 e. The van der Waals surface area contributed by atoms with Gasteiger partial charge in [-0.05, 0) is 51.6 Å². The van der Waals surface area contributed by atoms with E-state index in [-0.39, 0.29) is 5.54 Å². The molecule has 1 heterocycles. The normalized spacial score (nSPS) is 23.0. The Morgan fingerprint density at radius 1 is 1.08 bits per heavy atom. The third-order valence-electron chi connectivity index (χ3n) is 6.31. The number of nitrogens with one attached hydrogen (secondary N) is 2. The Hall–Kier alpha value is -0.850. The molecule has 0 amide bonds. The lowest BCUT2D eigenvalue weighted by molar-refractivity contribution is -0.00503. The van der Waals surface area contributed by atoms with Crippen molar-refractivity contribution >= 4 is 5.96 Å². The minimum Gasteiger partial charge on any atom is -0.385 e. The summed E-state index contributed by atoms with van der Waals surface area (Å²) >= 11 is 0. The number of nitrogens with zero attached hydrogens (tertiary/aromatic N) is 2. The monoisotopic (exact) mass is 354 g/mol. The standard InChI is InChI=1S/C19H38N4O2/c1-20-17(21-15-18(9-12-24-4)7-5-6-8-18)22-16-19(23(2)3)10-13-25-14-11-19/h5-16H2,1-4H3,(H2,20,21,22). The fraction of sp³-hybridized carbons (Fsp3) is 0.947. The summed E-state index contributed by atoms with van der Waals surface area (Å²) in [5.41, 5.74) is 0.516. The van der Waals surface area contributed by atoms with Crippen LogP contribution in [0.1, 0.15) is 44.9 Å². The van der Waals surface area contributed by atoms with Gasteiger partial charge in [0.05, 0.1) is 0 Å². The van der Waals surface area contributed by atoms with Gasteiger partial charge in [0.2, 0.25) is 0 Å². The van der Waals surface area contributed by atoms with Crippen LogP contribution in [0.15, 0.2) is 4.99 Å². The van der Waals surface area contributed by atoms with Crippen LogP contribution in [0.4, 0.5) is 0 Å². The predicted octanol–water partition coefficient (Wildman–Crippen LogP) is 1.86. The molecular formula is C19H38N4O2. The van der Waals surface area contributed by atoms with Crippen molar-refractivity contribution in [1.82, 2.24) is 15.5 Å². The lowest BCUT2D eigenvalue weighted by atomic mass is 9.83. The van der Waals surface area contributed by atoms with Crippen LogP contribution in [0.3, 0.4) is 0 Å². The first kappa shape index (κ1) is 20.5. The Morgan fingerprint density at radius 3 is 2.28 bits per heavy atom. The van der Waals surface area contributed by atoms with E-state index in [4.69, 9.17) is 9.47 Å². The van der Waals surface area contributed by atoms with Crippen LogP contribution in [0, 0.1) is 5.41 Å². The van der Waals surface area contributed by atoms with Gasteiger partial charge in [-0.25, -0.2) is 0 Å². The van der Waals surface area contributed by atoms with Crippen LogP contribution in [0.5, 0.6) is 0 Å². The molecular weight excluding hydrogens is 316 g/mol. The van der Waals surface area contributed by atoms with Crippen LogP contribution in [-0.4, -0.2) is 77.6 Å². The second-order valence-corrected chi connectivity index (χ2v) is 7.96. The number of hydrogen-bond acceptors (Lipinski definition) is 4. The van der Waals surface area contributed by atoms with Crippen molar-refractivity contribution in [1.29, 1.82) is 0 Å². The summed E-state index contributed by atoms with van der Waals surface area (Å²) in [4.78, 5) is 6.79.